The van der Waals surface area contributed by atoms with E-state index in [2.05, 4.69) is 46.4 Å². The lowest BCUT2D eigenvalue weighted by Gasteiger charge is -2.12. The molecule has 170 valence electrons. The zero-order valence-electron chi connectivity index (χ0n) is 19.9. The second-order valence-electron chi connectivity index (χ2n) is 8.91. The molecule has 0 aliphatic carbocycles. The monoisotopic (exact) mass is 443 g/mol. The maximum Gasteiger partial charge on any atom is 0.253 e. The Labute approximate surface area is 192 Å². The molecule has 0 aliphatic heterocycles. The number of nitrogens with zero attached hydrogens (tertiary/aromatic N) is 3. The molecular formula is C26H29N5O2. The van der Waals surface area contributed by atoms with Crippen molar-refractivity contribution in [3.05, 3.63) is 80.9 Å². The lowest BCUT2D eigenvalue weighted by Crippen LogP contribution is -2.28. The standard InChI is InChI=1S/C26H29N5O2/c1-14(2)23-13-31(6)24-20(23)8-18(19-10-27-17(5)28-11-19)9-21(24)25(32)29-12-22-15(3)7-16(4)30-26(22)33/h7-11,13-14H,12H2,1-6H3,(H,29,32)(H,30,33). The number of benzene rings is 1. The number of rotatable bonds is 5. The molecule has 0 unspecified atom stereocenters. The van der Waals surface area contributed by atoms with Gasteiger partial charge in [0, 0.05) is 54.4 Å². The van der Waals surface area contributed by atoms with Crippen LogP contribution in [-0.4, -0.2) is 25.4 Å². The van der Waals surface area contributed by atoms with Crippen LogP contribution in [0.25, 0.3) is 22.0 Å². The summed E-state index contributed by atoms with van der Waals surface area (Å²) in [7, 11) is 1.95. The number of aromatic nitrogens is 4. The highest BCUT2D eigenvalue weighted by Gasteiger charge is 2.20. The van der Waals surface area contributed by atoms with Crippen LogP contribution < -0.4 is 10.9 Å². The van der Waals surface area contributed by atoms with Crippen molar-refractivity contribution in [1.82, 2.24) is 24.8 Å². The van der Waals surface area contributed by atoms with Gasteiger partial charge in [0.1, 0.15) is 5.82 Å². The number of fused-ring (bicyclic) bond motifs is 1. The highest BCUT2D eigenvalue weighted by Crippen LogP contribution is 2.33. The minimum Gasteiger partial charge on any atom is -0.350 e. The maximum absolute atomic E-state index is 13.4. The number of nitrogens with one attached hydrogen (secondary N) is 2. The van der Waals surface area contributed by atoms with Crippen LogP contribution in [0.4, 0.5) is 0 Å². The first-order valence-corrected chi connectivity index (χ1v) is 11.0. The summed E-state index contributed by atoms with van der Waals surface area (Å²) in [6, 6.07) is 5.89. The van der Waals surface area contributed by atoms with E-state index in [1.54, 1.807) is 12.4 Å². The Bertz CT molecular complexity index is 1410. The van der Waals surface area contributed by atoms with Crippen LogP contribution >= 0.6 is 0 Å². The molecule has 33 heavy (non-hydrogen) atoms. The Hall–Kier alpha value is -3.74. The Morgan fingerprint density at radius 1 is 1.09 bits per heavy atom. The molecule has 7 nitrogen and oxygen atoms in total. The van der Waals surface area contributed by atoms with Crippen molar-refractivity contribution in [2.24, 2.45) is 7.05 Å². The van der Waals surface area contributed by atoms with Gasteiger partial charge in [-0.2, -0.15) is 0 Å². The molecule has 0 saturated heterocycles. The van der Waals surface area contributed by atoms with E-state index in [0.717, 1.165) is 33.3 Å². The smallest absolute Gasteiger partial charge is 0.253 e. The van der Waals surface area contributed by atoms with Gasteiger partial charge in [-0.05, 0) is 61.6 Å². The number of hydrogen-bond donors (Lipinski definition) is 2. The Morgan fingerprint density at radius 2 is 1.79 bits per heavy atom. The van der Waals surface area contributed by atoms with E-state index in [9.17, 15) is 9.59 Å². The fraction of sp³-hybridized carbons (Fsp3) is 0.308. The van der Waals surface area contributed by atoms with E-state index in [-0.39, 0.29) is 18.0 Å². The molecule has 1 amide bonds. The van der Waals surface area contributed by atoms with Gasteiger partial charge in [-0.3, -0.25) is 9.59 Å². The van der Waals surface area contributed by atoms with E-state index in [4.69, 9.17) is 0 Å². The van der Waals surface area contributed by atoms with Crippen molar-refractivity contribution in [1.29, 1.82) is 0 Å². The molecule has 0 atom stereocenters. The number of aromatic amines is 1. The second-order valence-corrected chi connectivity index (χ2v) is 8.91. The summed E-state index contributed by atoms with van der Waals surface area (Å²) in [5.74, 6) is 0.757. The average molecular weight is 444 g/mol. The van der Waals surface area contributed by atoms with Crippen molar-refractivity contribution in [2.75, 3.05) is 0 Å². The molecule has 0 saturated carbocycles. The SMILES string of the molecule is Cc1ncc(-c2cc(C(=O)NCc3c(C)cc(C)[nH]c3=O)c3c(c2)c(C(C)C)cn3C)cn1. The summed E-state index contributed by atoms with van der Waals surface area (Å²) in [5.41, 5.74) is 6.35. The maximum atomic E-state index is 13.4. The molecule has 4 rings (SSSR count). The minimum absolute atomic E-state index is 0.154. The van der Waals surface area contributed by atoms with Gasteiger partial charge in [-0.25, -0.2) is 9.97 Å². The van der Waals surface area contributed by atoms with Crippen molar-refractivity contribution < 1.29 is 4.79 Å². The number of amides is 1. The molecule has 0 fully saturated rings. The average Bonchev–Trinajstić information content (AvgIpc) is 3.09. The highest BCUT2D eigenvalue weighted by atomic mass is 16.1. The number of carbonyl (C=O) groups excluding carboxylic acids is 1. The Morgan fingerprint density at radius 3 is 2.42 bits per heavy atom. The first-order valence-electron chi connectivity index (χ1n) is 11.0. The fourth-order valence-electron chi connectivity index (χ4n) is 4.28. The van der Waals surface area contributed by atoms with Gasteiger partial charge in [-0.1, -0.05) is 13.8 Å². The van der Waals surface area contributed by atoms with Crippen LogP contribution in [0.15, 0.2) is 41.6 Å². The number of pyridine rings is 1. The van der Waals surface area contributed by atoms with Gasteiger partial charge in [0.05, 0.1) is 11.1 Å². The molecule has 3 heterocycles. The number of hydrogen-bond acceptors (Lipinski definition) is 4. The van der Waals surface area contributed by atoms with E-state index < -0.39 is 0 Å². The zero-order chi connectivity index (χ0) is 23.9. The molecule has 0 radical (unpaired) electrons. The van der Waals surface area contributed by atoms with E-state index in [1.165, 1.54) is 5.56 Å². The largest absolute Gasteiger partial charge is 0.350 e. The molecular weight excluding hydrogens is 414 g/mol. The Kier molecular flexibility index (Phi) is 5.89. The number of carbonyl (C=O) groups is 1. The van der Waals surface area contributed by atoms with Crippen molar-refractivity contribution >= 4 is 16.8 Å². The zero-order valence-corrected chi connectivity index (χ0v) is 19.9. The normalized spacial score (nSPS) is 11.4. The van der Waals surface area contributed by atoms with Crippen LogP contribution in [0.2, 0.25) is 0 Å². The van der Waals surface area contributed by atoms with Crippen LogP contribution in [0.5, 0.6) is 0 Å². The number of H-pyrrole nitrogens is 1. The molecule has 4 aromatic rings. The molecule has 0 spiro atoms. The van der Waals surface area contributed by atoms with Crippen LogP contribution in [-0.2, 0) is 13.6 Å². The van der Waals surface area contributed by atoms with E-state index in [1.807, 2.05) is 44.5 Å². The van der Waals surface area contributed by atoms with Crippen LogP contribution in [0.1, 0.15) is 58.3 Å². The van der Waals surface area contributed by atoms with Crippen LogP contribution in [0.3, 0.4) is 0 Å². The fourth-order valence-corrected chi connectivity index (χ4v) is 4.28. The van der Waals surface area contributed by atoms with Crippen molar-refractivity contribution in [3.63, 3.8) is 0 Å². The van der Waals surface area contributed by atoms with Crippen molar-refractivity contribution in [3.8, 4) is 11.1 Å². The lowest BCUT2D eigenvalue weighted by molar-refractivity contribution is 0.0952. The van der Waals surface area contributed by atoms with Gasteiger partial charge in [-0.15, -0.1) is 0 Å². The summed E-state index contributed by atoms with van der Waals surface area (Å²) in [5, 5.41) is 3.99. The first-order chi connectivity index (χ1) is 15.7. The summed E-state index contributed by atoms with van der Waals surface area (Å²) < 4.78 is 2.00. The molecule has 0 aliphatic rings. The van der Waals surface area contributed by atoms with E-state index in [0.29, 0.717) is 22.9 Å². The third-order valence-electron chi connectivity index (χ3n) is 6.01. The van der Waals surface area contributed by atoms with Gasteiger partial charge in [0.15, 0.2) is 0 Å². The molecule has 1 aromatic carbocycles. The summed E-state index contributed by atoms with van der Waals surface area (Å²) in [6.07, 6.45) is 5.63. The minimum atomic E-state index is -0.231. The summed E-state index contributed by atoms with van der Waals surface area (Å²) >= 11 is 0. The van der Waals surface area contributed by atoms with Gasteiger partial charge in [0.25, 0.3) is 11.5 Å². The van der Waals surface area contributed by atoms with Gasteiger partial charge in [0.2, 0.25) is 0 Å². The highest BCUT2D eigenvalue weighted by molar-refractivity contribution is 6.08. The topological polar surface area (TPSA) is 92.7 Å². The molecule has 7 heteroatoms. The third kappa shape index (κ3) is 4.31. The third-order valence-corrected chi connectivity index (χ3v) is 6.01. The molecule has 3 aromatic heterocycles. The second kappa shape index (κ2) is 8.65. The number of aryl methyl sites for hydroxylation is 4. The summed E-state index contributed by atoms with van der Waals surface area (Å²) in [4.78, 5) is 37.3. The quantitative estimate of drug-likeness (QED) is 0.481. The summed E-state index contributed by atoms with van der Waals surface area (Å²) in [6.45, 7) is 10.0. The lowest BCUT2D eigenvalue weighted by atomic mass is 9.96. The molecule has 0 bridgehead atoms. The predicted octanol–water partition coefficient (Wildman–Crippen LogP) is 4.30. The van der Waals surface area contributed by atoms with Crippen molar-refractivity contribution in [2.45, 2.75) is 47.1 Å². The van der Waals surface area contributed by atoms with Gasteiger partial charge >= 0.3 is 0 Å². The van der Waals surface area contributed by atoms with Gasteiger partial charge < -0.3 is 14.9 Å². The van der Waals surface area contributed by atoms with Crippen LogP contribution in [0, 0.1) is 20.8 Å². The molecule has 2 N–H and O–H groups in total. The predicted molar refractivity (Wildman–Crippen MR) is 130 cm³/mol. The van der Waals surface area contributed by atoms with E-state index >= 15 is 0 Å². The Balaban J connectivity index is 1.80. The first kappa shape index (κ1) is 22.5.